The molecule has 2 aliphatic rings. The highest BCUT2D eigenvalue weighted by Crippen LogP contribution is 2.31. The van der Waals surface area contributed by atoms with E-state index < -0.39 is 12.0 Å². The molecule has 0 saturated carbocycles. The Kier molecular flexibility index (Phi) is 6.78. The number of pyridine rings is 1. The van der Waals surface area contributed by atoms with E-state index in [9.17, 15) is 9.90 Å². The Morgan fingerprint density at radius 2 is 2.21 bits per heavy atom. The summed E-state index contributed by atoms with van der Waals surface area (Å²) >= 11 is 0. The van der Waals surface area contributed by atoms with Crippen LogP contribution in [0.3, 0.4) is 0 Å². The van der Waals surface area contributed by atoms with E-state index in [1.54, 1.807) is 10.9 Å². The van der Waals surface area contributed by atoms with Crippen LogP contribution in [0, 0.1) is 0 Å². The molecule has 180 valence electrons. The first-order valence-corrected chi connectivity index (χ1v) is 12.3. The summed E-state index contributed by atoms with van der Waals surface area (Å²) in [6.45, 7) is 3.04. The number of nitrogens with one attached hydrogen (secondary N) is 1. The molecule has 1 fully saturated rings. The molecule has 2 N–H and O–H groups in total. The highest BCUT2D eigenvalue weighted by Gasteiger charge is 2.35. The molecular formula is C26H33N5O3. The summed E-state index contributed by atoms with van der Waals surface area (Å²) in [4.78, 5) is 19.1. The van der Waals surface area contributed by atoms with Crippen LogP contribution in [-0.2, 0) is 29.4 Å². The number of carboxylic acid groups (broad SMARTS) is 1. The van der Waals surface area contributed by atoms with Gasteiger partial charge in [-0.2, -0.15) is 5.10 Å². The van der Waals surface area contributed by atoms with E-state index in [4.69, 9.17) is 9.72 Å². The number of anilines is 1. The Hall–Kier alpha value is -2.97. The van der Waals surface area contributed by atoms with Crippen molar-refractivity contribution in [2.45, 2.75) is 50.7 Å². The first-order chi connectivity index (χ1) is 16.6. The van der Waals surface area contributed by atoms with Gasteiger partial charge in [0.2, 0.25) is 0 Å². The largest absolute Gasteiger partial charge is 0.480 e. The predicted octanol–water partition coefficient (Wildman–Crippen LogP) is 3.57. The summed E-state index contributed by atoms with van der Waals surface area (Å²) in [7, 11) is 1.86. The second kappa shape index (κ2) is 10.1. The third-order valence-electron chi connectivity index (χ3n) is 6.99. The van der Waals surface area contributed by atoms with Crippen molar-refractivity contribution >= 4 is 22.7 Å². The Morgan fingerprint density at radius 3 is 3.09 bits per heavy atom. The average Bonchev–Trinajstić information content (AvgIpc) is 3.46. The summed E-state index contributed by atoms with van der Waals surface area (Å²) in [5.74, 6) is 0.224. The minimum absolute atomic E-state index is 0.0682. The van der Waals surface area contributed by atoms with E-state index >= 15 is 0 Å². The van der Waals surface area contributed by atoms with Gasteiger partial charge in [-0.1, -0.05) is 24.3 Å². The standard InChI is InChI=1S/C26H33N5O3/c1-30-23-19(16-28-30)6-4-9-22(23)24(26(32)33)31-14-12-21(17-31)34-15-3-2-8-20-11-10-18-7-5-13-27-25(18)29-20/h4,6,9-11,16,21,24H,2-3,5,7-8,12-15,17H2,1H3,(H,27,29)(H,32,33)/t21-,24?/m1/s1. The van der Waals surface area contributed by atoms with Gasteiger partial charge in [0.25, 0.3) is 0 Å². The minimum atomic E-state index is -0.832. The molecule has 0 aliphatic carbocycles. The van der Waals surface area contributed by atoms with Gasteiger partial charge in [-0.25, -0.2) is 4.98 Å². The van der Waals surface area contributed by atoms with Gasteiger partial charge >= 0.3 is 5.97 Å². The zero-order valence-corrected chi connectivity index (χ0v) is 19.7. The van der Waals surface area contributed by atoms with Crippen LogP contribution < -0.4 is 5.32 Å². The van der Waals surface area contributed by atoms with Gasteiger partial charge in [0.1, 0.15) is 11.9 Å². The fraction of sp³-hybridized carbons (Fsp3) is 0.500. The predicted molar refractivity (Wildman–Crippen MR) is 131 cm³/mol. The molecule has 1 saturated heterocycles. The fourth-order valence-electron chi connectivity index (χ4n) is 5.26. The van der Waals surface area contributed by atoms with Gasteiger partial charge in [0, 0.05) is 49.9 Å². The van der Waals surface area contributed by atoms with Crippen LogP contribution in [0.4, 0.5) is 5.82 Å². The number of likely N-dealkylation sites (tertiary alicyclic amines) is 1. The molecule has 2 aromatic heterocycles. The number of nitrogens with zero attached hydrogens (tertiary/aromatic N) is 4. The number of hydrogen-bond donors (Lipinski definition) is 2. The number of ether oxygens (including phenoxy) is 1. The van der Waals surface area contributed by atoms with Crippen molar-refractivity contribution in [3.8, 4) is 0 Å². The molecule has 34 heavy (non-hydrogen) atoms. The monoisotopic (exact) mass is 463 g/mol. The molecule has 0 bridgehead atoms. The molecule has 1 aromatic carbocycles. The number of benzene rings is 1. The minimum Gasteiger partial charge on any atom is -0.480 e. The Bertz CT molecular complexity index is 1160. The van der Waals surface area contributed by atoms with E-state index in [1.165, 1.54) is 12.0 Å². The van der Waals surface area contributed by atoms with Crippen molar-refractivity contribution in [3.05, 3.63) is 53.3 Å². The number of hydrogen-bond acceptors (Lipinski definition) is 6. The summed E-state index contributed by atoms with van der Waals surface area (Å²) in [5, 5.41) is 18.7. The topological polar surface area (TPSA) is 92.5 Å². The van der Waals surface area contributed by atoms with E-state index in [1.807, 2.05) is 30.1 Å². The second-order valence-corrected chi connectivity index (χ2v) is 9.37. The van der Waals surface area contributed by atoms with Crippen molar-refractivity contribution in [2.75, 3.05) is 31.6 Å². The quantitative estimate of drug-likeness (QED) is 0.469. The zero-order valence-electron chi connectivity index (χ0n) is 19.7. The van der Waals surface area contributed by atoms with Crippen LogP contribution in [0.1, 0.15) is 48.5 Å². The number of rotatable bonds is 9. The van der Waals surface area contributed by atoms with Crippen molar-refractivity contribution in [1.82, 2.24) is 19.7 Å². The summed E-state index contributed by atoms with van der Waals surface area (Å²) in [5.41, 5.74) is 4.13. The number of para-hydroxylation sites is 1. The van der Waals surface area contributed by atoms with Crippen molar-refractivity contribution in [1.29, 1.82) is 0 Å². The number of carboxylic acids is 1. The maximum absolute atomic E-state index is 12.3. The number of aliphatic carboxylic acids is 1. The van der Waals surface area contributed by atoms with Gasteiger partial charge in [-0.15, -0.1) is 0 Å². The van der Waals surface area contributed by atoms with Gasteiger partial charge in [-0.05, 0) is 50.2 Å². The molecule has 0 radical (unpaired) electrons. The molecule has 1 unspecified atom stereocenters. The lowest BCUT2D eigenvalue weighted by atomic mass is 10.0. The molecule has 0 amide bonds. The smallest absolute Gasteiger partial charge is 0.325 e. The Morgan fingerprint density at radius 1 is 1.29 bits per heavy atom. The molecule has 0 spiro atoms. The lowest BCUT2D eigenvalue weighted by molar-refractivity contribution is -0.143. The zero-order chi connectivity index (χ0) is 23.5. The molecule has 5 rings (SSSR count). The van der Waals surface area contributed by atoms with Crippen molar-refractivity contribution in [2.24, 2.45) is 7.05 Å². The SMILES string of the molecule is Cn1ncc2cccc(C(C(=O)O)N3CC[C@@H](OCCCCc4ccc5c(n4)NCCC5)C3)c21. The lowest BCUT2D eigenvalue weighted by Crippen LogP contribution is -2.33. The average molecular weight is 464 g/mol. The van der Waals surface area contributed by atoms with Crippen LogP contribution >= 0.6 is 0 Å². The second-order valence-electron chi connectivity index (χ2n) is 9.37. The lowest BCUT2D eigenvalue weighted by Gasteiger charge is -2.25. The van der Waals surface area contributed by atoms with Gasteiger partial charge < -0.3 is 15.2 Å². The first kappa shape index (κ1) is 22.8. The van der Waals surface area contributed by atoms with Crippen LogP contribution in [0.15, 0.2) is 36.5 Å². The highest BCUT2D eigenvalue weighted by molar-refractivity contribution is 5.88. The van der Waals surface area contributed by atoms with E-state index in [-0.39, 0.29) is 6.10 Å². The number of fused-ring (bicyclic) bond motifs is 2. The third kappa shape index (κ3) is 4.79. The van der Waals surface area contributed by atoms with Crippen molar-refractivity contribution < 1.29 is 14.6 Å². The molecule has 2 aliphatic heterocycles. The summed E-state index contributed by atoms with van der Waals surface area (Å²) in [6, 6.07) is 9.44. The number of unbranched alkanes of at least 4 members (excludes halogenated alkanes) is 1. The maximum atomic E-state index is 12.3. The number of aromatic nitrogens is 3. The molecule has 4 heterocycles. The van der Waals surface area contributed by atoms with Gasteiger partial charge in [-0.3, -0.25) is 14.4 Å². The highest BCUT2D eigenvalue weighted by atomic mass is 16.5. The van der Waals surface area contributed by atoms with E-state index in [0.29, 0.717) is 19.7 Å². The molecule has 8 nitrogen and oxygen atoms in total. The van der Waals surface area contributed by atoms with Gasteiger partial charge in [0.15, 0.2) is 0 Å². The molecule has 8 heteroatoms. The Balaban J connectivity index is 1.12. The first-order valence-electron chi connectivity index (χ1n) is 12.3. The van der Waals surface area contributed by atoms with Crippen LogP contribution in [0.5, 0.6) is 0 Å². The fourth-order valence-corrected chi connectivity index (χ4v) is 5.26. The molecule has 2 atom stereocenters. The van der Waals surface area contributed by atoms with Crippen LogP contribution in [0.2, 0.25) is 0 Å². The summed E-state index contributed by atoms with van der Waals surface area (Å²) in [6.07, 6.45) is 7.94. The molecular weight excluding hydrogens is 430 g/mol. The number of carbonyl (C=O) groups is 1. The van der Waals surface area contributed by atoms with Gasteiger partial charge in [0.05, 0.1) is 17.8 Å². The summed E-state index contributed by atoms with van der Waals surface area (Å²) < 4.78 is 7.90. The molecule has 3 aromatic rings. The van der Waals surface area contributed by atoms with Crippen LogP contribution in [0.25, 0.3) is 10.9 Å². The van der Waals surface area contributed by atoms with Crippen molar-refractivity contribution in [3.63, 3.8) is 0 Å². The van der Waals surface area contributed by atoms with E-state index in [2.05, 4.69) is 22.5 Å². The normalized spacial score (nSPS) is 19.1. The number of aryl methyl sites for hydroxylation is 3. The Labute approximate surface area is 199 Å². The third-order valence-corrected chi connectivity index (χ3v) is 6.99. The van der Waals surface area contributed by atoms with Crippen LogP contribution in [-0.4, -0.2) is 63.1 Å². The van der Waals surface area contributed by atoms with E-state index in [0.717, 1.165) is 66.6 Å². The maximum Gasteiger partial charge on any atom is 0.325 e.